The normalized spacial score (nSPS) is 24.3. The van der Waals surface area contributed by atoms with E-state index in [1.54, 1.807) is 0 Å². The van der Waals surface area contributed by atoms with Crippen LogP contribution in [0.4, 0.5) is 0 Å². The smallest absolute Gasteiger partial charge is 0.0522 e. The summed E-state index contributed by atoms with van der Waals surface area (Å²) < 4.78 is 0. The third-order valence-corrected chi connectivity index (χ3v) is 2.26. The Balaban J connectivity index is 2.30. The van der Waals surface area contributed by atoms with Crippen molar-refractivity contribution in [1.29, 1.82) is 0 Å². The molecule has 0 saturated carbocycles. The molecule has 0 aromatic carbocycles. The molecule has 2 nitrogen and oxygen atoms in total. The maximum Gasteiger partial charge on any atom is 0.0522 e. The van der Waals surface area contributed by atoms with Gasteiger partial charge in [-0.1, -0.05) is 6.92 Å². The van der Waals surface area contributed by atoms with E-state index in [1.165, 1.54) is 30.5 Å². The number of hydrogen-bond acceptors (Lipinski definition) is 1. The molecule has 1 atom stereocenters. The zero-order chi connectivity index (χ0) is 6.97. The number of rotatable bonds is 0. The summed E-state index contributed by atoms with van der Waals surface area (Å²) >= 11 is 0. The fourth-order valence-corrected chi connectivity index (χ4v) is 1.60. The van der Waals surface area contributed by atoms with Gasteiger partial charge in [0.1, 0.15) is 0 Å². The summed E-state index contributed by atoms with van der Waals surface area (Å²) in [7, 11) is 0. The summed E-state index contributed by atoms with van der Waals surface area (Å²) in [5.74, 6) is 0.852. The average Bonchev–Trinajstić information content (AvgIpc) is 2.33. The summed E-state index contributed by atoms with van der Waals surface area (Å²) in [6, 6.07) is 0. The monoisotopic (exact) mass is 136 g/mol. The molecule has 1 N–H and O–H groups in total. The molecule has 1 aliphatic rings. The van der Waals surface area contributed by atoms with Crippen molar-refractivity contribution < 1.29 is 0 Å². The maximum absolute atomic E-state index is 4.01. The molecule has 1 aromatic heterocycles. The third kappa shape index (κ3) is 0.838. The van der Waals surface area contributed by atoms with Gasteiger partial charge >= 0.3 is 0 Å². The molecule has 0 amide bonds. The Morgan fingerprint density at radius 1 is 1.70 bits per heavy atom. The van der Waals surface area contributed by atoms with Gasteiger partial charge in [0.2, 0.25) is 0 Å². The van der Waals surface area contributed by atoms with Crippen molar-refractivity contribution in [3.63, 3.8) is 0 Å². The van der Waals surface area contributed by atoms with E-state index in [1.807, 2.05) is 6.20 Å². The van der Waals surface area contributed by atoms with E-state index in [-0.39, 0.29) is 0 Å². The van der Waals surface area contributed by atoms with E-state index >= 15 is 0 Å². The molecule has 0 radical (unpaired) electrons. The Kier molecular flexibility index (Phi) is 1.26. The van der Waals surface area contributed by atoms with Gasteiger partial charge in [0.15, 0.2) is 0 Å². The highest BCUT2D eigenvalue weighted by molar-refractivity contribution is 5.19. The Bertz CT molecular complexity index is 227. The van der Waals surface area contributed by atoms with Crippen molar-refractivity contribution in [2.24, 2.45) is 5.92 Å². The summed E-state index contributed by atoms with van der Waals surface area (Å²) in [4.78, 5) is 0. The van der Waals surface area contributed by atoms with Gasteiger partial charge in [0, 0.05) is 5.69 Å². The van der Waals surface area contributed by atoms with Gasteiger partial charge in [-0.2, -0.15) is 5.10 Å². The minimum absolute atomic E-state index is 0.852. The van der Waals surface area contributed by atoms with E-state index in [0.717, 1.165) is 5.92 Å². The predicted octanol–water partition coefficient (Wildman–Crippen LogP) is 1.53. The van der Waals surface area contributed by atoms with E-state index in [9.17, 15) is 0 Å². The Labute approximate surface area is 60.6 Å². The highest BCUT2D eigenvalue weighted by Gasteiger charge is 2.15. The second kappa shape index (κ2) is 2.11. The standard InChI is InChI=1S/C8H12N2/c1-6-2-3-8-7(4-6)5-9-10-8/h5-6H,2-4H2,1H3,(H,9,10). The fraction of sp³-hybridized carbons (Fsp3) is 0.625. The molecule has 1 aliphatic carbocycles. The zero-order valence-electron chi connectivity index (χ0n) is 6.22. The summed E-state index contributed by atoms with van der Waals surface area (Å²) in [5, 5.41) is 7.04. The Morgan fingerprint density at radius 3 is 3.50 bits per heavy atom. The molecule has 1 aromatic rings. The number of nitrogens with zero attached hydrogens (tertiary/aromatic N) is 1. The quantitative estimate of drug-likeness (QED) is 0.575. The number of hydrogen-bond donors (Lipinski definition) is 1. The van der Waals surface area contributed by atoms with Crippen LogP contribution >= 0.6 is 0 Å². The topological polar surface area (TPSA) is 28.7 Å². The van der Waals surface area contributed by atoms with Crippen molar-refractivity contribution >= 4 is 0 Å². The lowest BCUT2D eigenvalue weighted by Crippen LogP contribution is -2.09. The van der Waals surface area contributed by atoms with Crippen LogP contribution in [0.1, 0.15) is 24.6 Å². The highest BCUT2D eigenvalue weighted by atomic mass is 15.1. The van der Waals surface area contributed by atoms with Crippen LogP contribution in [0.5, 0.6) is 0 Å². The molecule has 0 bridgehead atoms. The molecule has 0 spiro atoms. The number of nitrogens with one attached hydrogen (secondary N) is 1. The summed E-state index contributed by atoms with van der Waals surface area (Å²) in [5.41, 5.74) is 2.79. The van der Waals surface area contributed by atoms with Crippen LogP contribution in [0.2, 0.25) is 0 Å². The summed E-state index contributed by atoms with van der Waals surface area (Å²) in [6.45, 7) is 2.30. The van der Waals surface area contributed by atoms with Crippen LogP contribution in [-0.2, 0) is 12.8 Å². The summed E-state index contributed by atoms with van der Waals surface area (Å²) in [6.07, 6.45) is 5.68. The molecule has 0 aliphatic heterocycles. The lowest BCUT2D eigenvalue weighted by molar-refractivity contribution is 0.497. The van der Waals surface area contributed by atoms with Crippen LogP contribution in [-0.4, -0.2) is 10.2 Å². The number of aromatic nitrogens is 2. The van der Waals surface area contributed by atoms with E-state index in [4.69, 9.17) is 0 Å². The van der Waals surface area contributed by atoms with Gasteiger partial charge in [-0.3, -0.25) is 5.10 Å². The number of aromatic amines is 1. The molecule has 54 valence electrons. The van der Waals surface area contributed by atoms with Gasteiger partial charge in [-0.15, -0.1) is 0 Å². The molecule has 0 fully saturated rings. The van der Waals surface area contributed by atoms with Gasteiger partial charge < -0.3 is 0 Å². The number of H-pyrrole nitrogens is 1. The van der Waals surface area contributed by atoms with Crippen molar-refractivity contribution in [3.05, 3.63) is 17.5 Å². The van der Waals surface area contributed by atoms with Gasteiger partial charge in [0.25, 0.3) is 0 Å². The first-order valence-electron chi connectivity index (χ1n) is 3.87. The van der Waals surface area contributed by atoms with E-state index in [0.29, 0.717) is 0 Å². The minimum atomic E-state index is 0.852. The molecule has 2 rings (SSSR count). The van der Waals surface area contributed by atoms with Gasteiger partial charge in [0.05, 0.1) is 6.20 Å². The largest absolute Gasteiger partial charge is 0.282 e. The van der Waals surface area contributed by atoms with Crippen molar-refractivity contribution in [2.75, 3.05) is 0 Å². The van der Waals surface area contributed by atoms with Crippen molar-refractivity contribution in [1.82, 2.24) is 10.2 Å². The van der Waals surface area contributed by atoms with E-state index < -0.39 is 0 Å². The van der Waals surface area contributed by atoms with Crippen LogP contribution < -0.4 is 0 Å². The average molecular weight is 136 g/mol. The molecule has 1 heterocycles. The molecule has 10 heavy (non-hydrogen) atoms. The lowest BCUT2D eigenvalue weighted by Gasteiger charge is -2.16. The van der Waals surface area contributed by atoms with Gasteiger partial charge in [-0.05, 0) is 30.7 Å². The predicted molar refractivity (Wildman–Crippen MR) is 39.8 cm³/mol. The Morgan fingerprint density at radius 2 is 2.60 bits per heavy atom. The van der Waals surface area contributed by atoms with Crippen molar-refractivity contribution in [2.45, 2.75) is 26.2 Å². The number of fused-ring (bicyclic) bond motifs is 1. The third-order valence-electron chi connectivity index (χ3n) is 2.26. The van der Waals surface area contributed by atoms with Crippen molar-refractivity contribution in [3.8, 4) is 0 Å². The van der Waals surface area contributed by atoms with E-state index in [2.05, 4.69) is 17.1 Å². The second-order valence-corrected chi connectivity index (χ2v) is 3.22. The first kappa shape index (κ1) is 5.96. The van der Waals surface area contributed by atoms with Crippen LogP contribution in [0.15, 0.2) is 6.20 Å². The SMILES string of the molecule is CC1CCc2[nH]ncc2C1. The fourth-order valence-electron chi connectivity index (χ4n) is 1.60. The Hall–Kier alpha value is -0.790. The van der Waals surface area contributed by atoms with Crippen LogP contribution in [0, 0.1) is 5.92 Å². The zero-order valence-corrected chi connectivity index (χ0v) is 6.22. The highest BCUT2D eigenvalue weighted by Crippen LogP contribution is 2.22. The molecule has 1 unspecified atom stereocenters. The molecule has 2 heteroatoms. The van der Waals surface area contributed by atoms with Gasteiger partial charge in [-0.25, -0.2) is 0 Å². The minimum Gasteiger partial charge on any atom is -0.282 e. The molecular formula is C8H12N2. The molecule has 0 saturated heterocycles. The number of aryl methyl sites for hydroxylation is 1. The second-order valence-electron chi connectivity index (χ2n) is 3.22. The first-order valence-corrected chi connectivity index (χ1v) is 3.87. The molecular weight excluding hydrogens is 124 g/mol. The lowest BCUT2D eigenvalue weighted by atomic mass is 9.89. The first-order chi connectivity index (χ1) is 4.86. The van der Waals surface area contributed by atoms with Crippen LogP contribution in [0.25, 0.3) is 0 Å². The van der Waals surface area contributed by atoms with Crippen LogP contribution in [0.3, 0.4) is 0 Å². The maximum atomic E-state index is 4.01.